The number of aromatic nitrogens is 2. The number of nitrogens with one attached hydrogen (secondary N) is 2. The van der Waals surface area contributed by atoms with Crippen LogP contribution in [0.25, 0.3) is 0 Å². The second-order valence-electron chi connectivity index (χ2n) is 6.52. The number of anilines is 2. The summed E-state index contributed by atoms with van der Waals surface area (Å²) < 4.78 is 0. The molecule has 2 N–H and O–H groups in total. The number of rotatable bonds is 6. The molecule has 2 aromatic heterocycles. The van der Waals surface area contributed by atoms with E-state index in [1.807, 2.05) is 26.0 Å². The van der Waals surface area contributed by atoms with Gasteiger partial charge in [0.25, 0.3) is 5.91 Å². The summed E-state index contributed by atoms with van der Waals surface area (Å²) >= 11 is 7.29. The lowest BCUT2D eigenvalue weighted by atomic mass is 9.87. The lowest BCUT2D eigenvalue weighted by Gasteiger charge is -2.21. The highest BCUT2D eigenvalue weighted by molar-refractivity contribution is 7.07. The van der Waals surface area contributed by atoms with Crippen molar-refractivity contribution in [2.24, 2.45) is 5.92 Å². The van der Waals surface area contributed by atoms with Gasteiger partial charge in [0.15, 0.2) is 0 Å². The van der Waals surface area contributed by atoms with Gasteiger partial charge in [0, 0.05) is 10.4 Å². The Kier molecular flexibility index (Phi) is 6.38. The highest BCUT2D eigenvalue weighted by Gasteiger charge is 2.24. The number of hydrogen-bond acceptors (Lipinski definition) is 5. The molecule has 28 heavy (non-hydrogen) atoms. The summed E-state index contributed by atoms with van der Waals surface area (Å²) in [6, 6.07) is 10.6. The van der Waals surface area contributed by atoms with Crippen molar-refractivity contribution in [3.8, 4) is 0 Å². The van der Waals surface area contributed by atoms with Crippen LogP contribution in [0, 0.1) is 5.92 Å². The minimum Gasteiger partial charge on any atom is -0.324 e. The molecule has 2 amide bonds. The highest BCUT2D eigenvalue weighted by atomic mass is 35.5. The maximum absolute atomic E-state index is 12.8. The van der Waals surface area contributed by atoms with E-state index < -0.39 is 0 Å². The molecule has 0 fully saturated rings. The molecule has 3 aromatic rings. The monoisotopic (exact) mass is 414 g/mol. The number of carbonyl (C=O) groups is 2. The molecule has 0 unspecified atom stereocenters. The number of amides is 2. The Morgan fingerprint density at radius 2 is 1.79 bits per heavy atom. The van der Waals surface area contributed by atoms with E-state index in [-0.39, 0.29) is 23.7 Å². The van der Waals surface area contributed by atoms with Crippen molar-refractivity contribution in [1.29, 1.82) is 0 Å². The first-order valence-corrected chi connectivity index (χ1v) is 9.98. The van der Waals surface area contributed by atoms with E-state index in [0.29, 0.717) is 22.2 Å². The van der Waals surface area contributed by atoms with E-state index in [4.69, 9.17) is 11.6 Å². The second-order valence-corrected chi connectivity index (χ2v) is 7.68. The van der Waals surface area contributed by atoms with Crippen LogP contribution in [0.5, 0.6) is 0 Å². The van der Waals surface area contributed by atoms with E-state index in [1.165, 1.54) is 17.5 Å². The van der Waals surface area contributed by atoms with Crippen LogP contribution in [0.1, 0.15) is 35.8 Å². The second kappa shape index (κ2) is 8.95. The first-order chi connectivity index (χ1) is 13.4. The summed E-state index contributed by atoms with van der Waals surface area (Å²) in [5, 5.41) is 7.84. The molecule has 1 aromatic carbocycles. The third-order valence-electron chi connectivity index (χ3n) is 4.12. The van der Waals surface area contributed by atoms with Gasteiger partial charge in [-0.15, -0.1) is 11.3 Å². The third kappa shape index (κ3) is 4.94. The van der Waals surface area contributed by atoms with Crippen molar-refractivity contribution in [3.05, 3.63) is 69.8 Å². The van der Waals surface area contributed by atoms with Crippen LogP contribution in [0.2, 0.25) is 5.02 Å². The van der Waals surface area contributed by atoms with E-state index in [9.17, 15) is 9.59 Å². The molecule has 0 aliphatic rings. The van der Waals surface area contributed by atoms with E-state index >= 15 is 0 Å². The average molecular weight is 415 g/mol. The topological polar surface area (TPSA) is 84.0 Å². The van der Waals surface area contributed by atoms with Crippen LogP contribution in [0.3, 0.4) is 0 Å². The fraction of sp³-hybridized carbons (Fsp3) is 0.200. The summed E-state index contributed by atoms with van der Waals surface area (Å²) in [5.74, 6) is -0.284. The normalized spacial score (nSPS) is 11.9. The number of carbonyl (C=O) groups excluding carboxylic acids is 2. The number of thiazole rings is 1. The lowest BCUT2D eigenvalue weighted by molar-refractivity contribution is -0.118. The van der Waals surface area contributed by atoms with Crippen LogP contribution >= 0.6 is 22.9 Å². The molecule has 6 nitrogen and oxygen atoms in total. The minimum atomic E-state index is -0.326. The molecule has 0 saturated heterocycles. The standard InChI is InChI=1S/C20H19ClN4O2S/c1-12(2)18(13-3-5-14(21)6-4-13)20(27)24-15-7-8-17(22-9-15)25-19(26)16-10-28-11-23-16/h3-12,18H,1-2H3,(H,24,27)(H,22,25,26)/t18-/m0/s1. The van der Waals surface area contributed by atoms with Crippen molar-refractivity contribution in [2.45, 2.75) is 19.8 Å². The Balaban J connectivity index is 1.67. The van der Waals surface area contributed by atoms with Crippen molar-refractivity contribution in [1.82, 2.24) is 9.97 Å². The predicted octanol–water partition coefficient (Wildman–Crippen LogP) is 4.82. The number of nitrogens with zero attached hydrogens (tertiary/aromatic N) is 2. The summed E-state index contributed by atoms with van der Waals surface area (Å²) in [7, 11) is 0. The highest BCUT2D eigenvalue weighted by Crippen LogP contribution is 2.27. The molecule has 0 bridgehead atoms. The summed E-state index contributed by atoms with van der Waals surface area (Å²) in [6.45, 7) is 3.99. The van der Waals surface area contributed by atoms with E-state index in [1.54, 1.807) is 35.2 Å². The van der Waals surface area contributed by atoms with Crippen LogP contribution in [0.15, 0.2) is 53.5 Å². The zero-order valence-electron chi connectivity index (χ0n) is 15.3. The van der Waals surface area contributed by atoms with E-state index in [2.05, 4.69) is 20.6 Å². The Morgan fingerprint density at radius 1 is 1.04 bits per heavy atom. The molecule has 144 valence electrons. The Hall–Kier alpha value is -2.77. The molecule has 1 atom stereocenters. The van der Waals surface area contributed by atoms with Gasteiger partial charge < -0.3 is 10.6 Å². The third-order valence-corrected chi connectivity index (χ3v) is 4.95. The van der Waals surface area contributed by atoms with Crippen molar-refractivity contribution in [2.75, 3.05) is 10.6 Å². The molecular weight excluding hydrogens is 396 g/mol. The minimum absolute atomic E-state index is 0.103. The van der Waals surface area contributed by atoms with Crippen LogP contribution in [-0.2, 0) is 4.79 Å². The van der Waals surface area contributed by atoms with Gasteiger partial charge in [-0.2, -0.15) is 0 Å². The SMILES string of the molecule is CC(C)[C@H](C(=O)Nc1ccc(NC(=O)c2cscn2)nc1)c1ccc(Cl)cc1. The van der Waals surface area contributed by atoms with Gasteiger partial charge in [-0.25, -0.2) is 9.97 Å². The fourth-order valence-corrected chi connectivity index (χ4v) is 3.43. The Labute approximate surface area is 172 Å². The zero-order chi connectivity index (χ0) is 20.1. The molecule has 8 heteroatoms. The fourth-order valence-electron chi connectivity index (χ4n) is 2.78. The van der Waals surface area contributed by atoms with Gasteiger partial charge in [0.1, 0.15) is 11.5 Å². The summed E-state index contributed by atoms with van der Waals surface area (Å²) in [5.41, 5.74) is 3.38. The Morgan fingerprint density at radius 3 is 2.36 bits per heavy atom. The zero-order valence-corrected chi connectivity index (χ0v) is 16.9. The maximum atomic E-state index is 12.8. The Bertz CT molecular complexity index is 941. The van der Waals surface area contributed by atoms with Gasteiger partial charge in [0.05, 0.1) is 23.3 Å². The van der Waals surface area contributed by atoms with Gasteiger partial charge >= 0.3 is 0 Å². The first-order valence-electron chi connectivity index (χ1n) is 8.66. The van der Waals surface area contributed by atoms with Crippen molar-refractivity contribution >= 4 is 46.3 Å². The van der Waals surface area contributed by atoms with Crippen molar-refractivity contribution in [3.63, 3.8) is 0 Å². The molecule has 0 aliphatic heterocycles. The van der Waals surface area contributed by atoms with Gasteiger partial charge in [0.2, 0.25) is 5.91 Å². The molecule has 0 radical (unpaired) electrons. The maximum Gasteiger partial charge on any atom is 0.276 e. The molecular formula is C20H19ClN4O2S. The largest absolute Gasteiger partial charge is 0.324 e. The smallest absolute Gasteiger partial charge is 0.276 e. The number of benzene rings is 1. The van der Waals surface area contributed by atoms with Gasteiger partial charge in [-0.3, -0.25) is 9.59 Å². The number of hydrogen-bond donors (Lipinski definition) is 2. The average Bonchev–Trinajstić information content (AvgIpc) is 3.20. The van der Waals surface area contributed by atoms with E-state index in [0.717, 1.165) is 5.56 Å². The lowest BCUT2D eigenvalue weighted by Crippen LogP contribution is -2.25. The van der Waals surface area contributed by atoms with Crippen molar-refractivity contribution < 1.29 is 9.59 Å². The summed E-state index contributed by atoms with van der Waals surface area (Å²) in [6.07, 6.45) is 1.51. The quantitative estimate of drug-likeness (QED) is 0.605. The van der Waals surface area contributed by atoms with Crippen LogP contribution in [0.4, 0.5) is 11.5 Å². The van der Waals surface area contributed by atoms with Gasteiger partial charge in [-0.05, 0) is 35.7 Å². The van der Waals surface area contributed by atoms with Gasteiger partial charge in [-0.1, -0.05) is 37.6 Å². The van der Waals surface area contributed by atoms with Crippen LogP contribution in [-0.4, -0.2) is 21.8 Å². The molecule has 0 aliphatic carbocycles. The molecule has 3 rings (SSSR count). The molecule has 0 spiro atoms. The number of pyridine rings is 1. The molecule has 2 heterocycles. The first kappa shape index (κ1) is 20.0. The molecule has 0 saturated carbocycles. The van der Waals surface area contributed by atoms with Crippen LogP contribution < -0.4 is 10.6 Å². The number of halogens is 1. The summed E-state index contributed by atoms with van der Waals surface area (Å²) in [4.78, 5) is 32.9. The predicted molar refractivity (Wildman–Crippen MR) is 112 cm³/mol.